The number of hydrazone groups is 1. The molecule has 0 aliphatic heterocycles. The third kappa shape index (κ3) is 3.43. The highest BCUT2D eigenvalue weighted by atomic mass is 32.1. The Morgan fingerprint density at radius 3 is 3.11 bits per heavy atom. The second-order valence-electron chi connectivity index (χ2n) is 4.43. The van der Waals surface area contributed by atoms with Crippen LogP contribution in [0.25, 0.3) is 0 Å². The minimum Gasteiger partial charge on any atom is -0.460 e. The predicted octanol–water partition coefficient (Wildman–Crippen LogP) is 2.39. The molecule has 1 aliphatic rings. The van der Waals surface area contributed by atoms with E-state index in [4.69, 9.17) is 16.6 Å². The molecule has 1 fully saturated rings. The van der Waals surface area contributed by atoms with Crippen LogP contribution in [-0.4, -0.2) is 17.9 Å². The molecule has 0 spiro atoms. The van der Waals surface area contributed by atoms with Gasteiger partial charge in [0, 0.05) is 12.5 Å². The molecule has 1 saturated carbocycles. The van der Waals surface area contributed by atoms with Gasteiger partial charge in [0.05, 0.1) is 6.21 Å². The molecule has 4 nitrogen and oxygen atoms in total. The van der Waals surface area contributed by atoms with Crippen molar-refractivity contribution in [3.8, 4) is 0 Å². The van der Waals surface area contributed by atoms with Crippen molar-refractivity contribution in [2.45, 2.75) is 19.3 Å². The maximum Gasteiger partial charge on any atom is 0.187 e. The summed E-state index contributed by atoms with van der Waals surface area (Å²) >= 11 is 4.99. The fourth-order valence-corrected chi connectivity index (χ4v) is 1.85. The van der Waals surface area contributed by atoms with Crippen LogP contribution < -0.4 is 10.7 Å². The van der Waals surface area contributed by atoms with Crippen molar-refractivity contribution in [1.29, 1.82) is 0 Å². The Kier molecular flexibility index (Phi) is 4.15. The summed E-state index contributed by atoms with van der Waals surface area (Å²) in [5.41, 5.74) is 2.71. The van der Waals surface area contributed by atoms with E-state index in [0.717, 1.165) is 17.4 Å². The SMILES string of the molecule is C=CCNC(=S)N/N=C\c1ccc([C@H]2C[C@@H]2C)o1. The van der Waals surface area contributed by atoms with E-state index in [1.165, 1.54) is 6.42 Å². The van der Waals surface area contributed by atoms with Gasteiger partial charge in [0.25, 0.3) is 0 Å². The molecule has 0 saturated heterocycles. The van der Waals surface area contributed by atoms with E-state index in [2.05, 4.69) is 29.3 Å². The average molecular weight is 263 g/mol. The molecule has 5 heteroatoms. The molecular formula is C13H17N3OS. The van der Waals surface area contributed by atoms with Gasteiger partial charge in [0.15, 0.2) is 5.11 Å². The molecule has 2 N–H and O–H groups in total. The summed E-state index contributed by atoms with van der Waals surface area (Å²) in [6.07, 6.45) is 4.57. The quantitative estimate of drug-likeness (QED) is 0.371. The molecule has 1 heterocycles. The molecular weight excluding hydrogens is 246 g/mol. The van der Waals surface area contributed by atoms with Gasteiger partial charge in [-0.3, -0.25) is 5.43 Å². The smallest absolute Gasteiger partial charge is 0.187 e. The van der Waals surface area contributed by atoms with Crippen LogP contribution in [0.2, 0.25) is 0 Å². The van der Waals surface area contributed by atoms with Crippen LogP contribution >= 0.6 is 12.2 Å². The van der Waals surface area contributed by atoms with E-state index < -0.39 is 0 Å². The van der Waals surface area contributed by atoms with Crippen molar-refractivity contribution in [1.82, 2.24) is 10.7 Å². The molecule has 0 radical (unpaired) electrons. The molecule has 1 aromatic rings. The molecule has 0 unspecified atom stereocenters. The lowest BCUT2D eigenvalue weighted by Crippen LogP contribution is -2.31. The number of nitrogens with one attached hydrogen (secondary N) is 2. The third-order valence-electron chi connectivity index (χ3n) is 2.89. The van der Waals surface area contributed by atoms with Crippen molar-refractivity contribution in [3.63, 3.8) is 0 Å². The van der Waals surface area contributed by atoms with Crippen LogP contribution in [0.15, 0.2) is 34.3 Å². The van der Waals surface area contributed by atoms with Gasteiger partial charge in [0.1, 0.15) is 11.5 Å². The topological polar surface area (TPSA) is 49.6 Å². The zero-order valence-corrected chi connectivity index (χ0v) is 11.2. The monoisotopic (exact) mass is 263 g/mol. The minimum absolute atomic E-state index is 0.466. The fourth-order valence-electron chi connectivity index (χ4n) is 1.71. The van der Waals surface area contributed by atoms with Crippen molar-refractivity contribution in [3.05, 3.63) is 36.3 Å². The van der Waals surface area contributed by atoms with Gasteiger partial charge in [-0.1, -0.05) is 13.0 Å². The molecule has 0 amide bonds. The lowest BCUT2D eigenvalue weighted by Gasteiger charge is -2.02. The van der Waals surface area contributed by atoms with Crippen molar-refractivity contribution in [2.24, 2.45) is 11.0 Å². The number of furan rings is 1. The van der Waals surface area contributed by atoms with Crippen molar-refractivity contribution in [2.75, 3.05) is 6.54 Å². The zero-order valence-electron chi connectivity index (χ0n) is 10.3. The second kappa shape index (κ2) is 5.82. The van der Waals surface area contributed by atoms with Crippen LogP contribution in [-0.2, 0) is 0 Å². The molecule has 96 valence electrons. The Morgan fingerprint density at radius 2 is 2.44 bits per heavy atom. The first-order valence-corrected chi connectivity index (χ1v) is 6.39. The highest BCUT2D eigenvalue weighted by molar-refractivity contribution is 7.80. The highest BCUT2D eigenvalue weighted by Crippen LogP contribution is 2.47. The van der Waals surface area contributed by atoms with Crippen LogP contribution in [0, 0.1) is 5.92 Å². The number of hydrogen-bond donors (Lipinski definition) is 2. The van der Waals surface area contributed by atoms with Gasteiger partial charge in [0.2, 0.25) is 0 Å². The Hall–Kier alpha value is -1.62. The minimum atomic E-state index is 0.466. The van der Waals surface area contributed by atoms with E-state index in [-0.39, 0.29) is 0 Å². The first-order valence-electron chi connectivity index (χ1n) is 5.98. The number of hydrogen-bond acceptors (Lipinski definition) is 3. The Morgan fingerprint density at radius 1 is 1.67 bits per heavy atom. The molecule has 18 heavy (non-hydrogen) atoms. The lowest BCUT2D eigenvalue weighted by atomic mass is 10.3. The molecule has 1 aliphatic carbocycles. The number of nitrogens with zero attached hydrogens (tertiary/aromatic N) is 1. The van der Waals surface area contributed by atoms with E-state index >= 15 is 0 Å². The van der Waals surface area contributed by atoms with E-state index in [1.807, 2.05) is 12.1 Å². The maximum absolute atomic E-state index is 5.67. The van der Waals surface area contributed by atoms with Crippen LogP contribution in [0.1, 0.15) is 30.8 Å². The molecule has 0 bridgehead atoms. The van der Waals surface area contributed by atoms with Crippen LogP contribution in [0.3, 0.4) is 0 Å². The fraction of sp³-hybridized carbons (Fsp3) is 0.385. The molecule has 1 aromatic heterocycles. The Labute approximate surface area is 112 Å². The van der Waals surface area contributed by atoms with Crippen molar-refractivity contribution < 1.29 is 4.42 Å². The first-order chi connectivity index (χ1) is 8.70. The second-order valence-corrected chi connectivity index (χ2v) is 4.84. The molecule has 0 aromatic carbocycles. The largest absolute Gasteiger partial charge is 0.460 e. The third-order valence-corrected chi connectivity index (χ3v) is 3.12. The van der Waals surface area contributed by atoms with Gasteiger partial charge < -0.3 is 9.73 Å². The summed E-state index contributed by atoms with van der Waals surface area (Å²) < 4.78 is 5.67. The van der Waals surface area contributed by atoms with Gasteiger partial charge >= 0.3 is 0 Å². The normalized spacial score (nSPS) is 21.8. The van der Waals surface area contributed by atoms with Crippen molar-refractivity contribution >= 4 is 23.5 Å². The Balaban J connectivity index is 1.80. The van der Waals surface area contributed by atoms with Gasteiger partial charge in [-0.05, 0) is 36.7 Å². The number of rotatable bonds is 5. The van der Waals surface area contributed by atoms with Gasteiger partial charge in [-0.2, -0.15) is 5.10 Å². The predicted molar refractivity (Wildman–Crippen MR) is 76.8 cm³/mol. The molecule has 2 atom stereocenters. The summed E-state index contributed by atoms with van der Waals surface area (Å²) in [5, 5.41) is 7.38. The summed E-state index contributed by atoms with van der Waals surface area (Å²) in [5.74, 6) is 3.13. The van der Waals surface area contributed by atoms with Crippen LogP contribution in [0.5, 0.6) is 0 Å². The standard InChI is InChI=1S/C13H17N3OS/c1-3-6-14-13(18)16-15-8-10-4-5-12(17-10)11-7-9(11)2/h3-5,8-9,11H,1,6-7H2,2H3,(H2,14,16,18)/b15-8-/t9-,11-/m0/s1. The maximum atomic E-state index is 5.67. The highest BCUT2D eigenvalue weighted by Gasteiger charge is 2.36. The summed E-state index contributed by atoms with van der Waals surface area (Å²) in [4.78, 5) is 0. The van der Waals surface area contributed by atoms with E-state index in [0.29, 0.717) is 17.6 Å². The summed E-state index contributed by atoms with van der Waals surface area (Å²) in [6, 6.07) is 3.94. The summed E-state index contributed by atoms with van der Waals surface area (Å²) in [7, 11) is 0. The van der Waals surface area contributed by atoms with E-state index in [1.54, 1.807) is 12.3 Å². The Bertz CT molecular complexity index is 467. The lowest BCUT2D eigenvalue weighted by molar-refractivity contribution is 0.500. The van der Waals surface area contributed by atoms with E-state index in [9.17, 15) is 0 Å². The van der Waals surface area contributed by atoms with Crippen LogP contribution in [0.4, 0.5) is 0 Å². The average Bonchev–Trinajstić information content (AvgIpc) is 2.90. The van der Waals surface area contributed by atoms with Gasteiger partial charge in [-0.15, -0.1) is 6.58 Å². The number of thiocarbonyl (C=S) groups is 1. The zero-order chi connectivity index (χ0) is 13.0. The van der Waals surface area contributed by atoms with Gasteiger partial charge in [-0.25, -0.2) is 0 Å². The summed E-state index contributed by atoms with van der Waals surface area (Å²) in [6.45, 7) is 6.43. The first kappa shape index (κ1) is 12.8. The molecule has 2 rings (SSSR count).